The van der Waals surface area contributed by atoms with Crippen LogP contribution in [-0.2, 0) is 4.74 Å². The van der Waals surface area contributed by atoms with Gasteiger partial charge in [-0.3, -0.25) is 0 Å². The van der Waals surface area contributed by atoms with E-state index in [1.165, 1.54) is 31.5 Å². The molecule has 0 bridgehead atoms. The van der Waals surface area contributed by atoms with Crippen LogP contribution in [0, 0.1) is 0 Å². The van der Waals surface area contributed by atoms with E-state index in [4.69, 9.17) is 20.8 Å². The summed E-state index contributed by atoms with van der Waals surface area (Å²) in [5.41, 5.74) is 0.395. The third-order valence-electron chi connectivity index (χ3n) is 3.07. The van der Waals surface area contributed by atoms with Gasteiger partial charge in [0.25, 0.3) is 0 Å². The summed E-state index contributed by atoms with van der Waals surface area (Å²) in [7, 11) is 1.21. The lowest BCUT2D eigenvalue weighted by molar-refractivity contribution is -0.0493. The summed E-state index contributed by atoms with van der Waals surface area (Å²) in [6.45, 7) is -3.03. The number of alkyl halides is 2. The van der Waals surface area contributed by atoms with E-state index in [0.29, 0.717) is 11.0 Å². The van der Waals surface area contributed by atoms with Crippen LogP contribution >= 0.6 is 11.6 Å². The number of methoxy groups -OCH3 is 1. The third kappa shape index (κ3) is 2.23. The van der Waals surface area contributed by atoms with Crippen molar-refractivity contribution in [1.29, 1.82) is 0 Å². The number of furan rings is 1. The molecule has 0 saturated carbocycles. The zero-order chi connectivity index (χ0) is 15.9. The number of esters is 1. The summed E-state index contributed by atoms with van der Waals surface area (Å²) in [5, 5.41) is 0.632. The molecule has 0 aliphatic heterocycles. The molecular weight excluding hydrogens is 320 g/mol. The second kappa shape index (κ2) is 5.42. The molecule has 3 rings (SSSR count). The smallest absolute Gasteiger partial charge is 0.387 e. The Balaban J connectivity index is 2.43. The molecule has 22 heavy (non-hydrogen) atoms. The van der Waals surface area contributed by atoms with Gasteiger partial charge in [-0.2, -0.15) is 8.78 Å². The van der Waals surface area contributed by atoms with Crippen molar-refractivity contribution >= 4 is 39.5 Å². The minimum absolute atomic E-state index is 0.0203. The van der Waals surface area contributed by atoms with Crippen LogP contribution in [0.2, 0.25) is 5.15 Å². The largest absolute Gasteiger partial charge is 0.465 e. The molecule has 3 aromatic rings. The van der Waals surface area contributed by atoms with Crippen molar-refractivity contribution in [3.05, 3.63) is 35.1 Å². The maximum Gasteiger partial charge on any atom is 0.387 e. The predicted molar refractivity (Wildman–Crippen MR) is 74.5 cm³/mol. The summed E-state index contributed by atoms with van der Waals surface area (Å²) in [5.74, 6) is -0.860. The first-order valence-corrected chi connectivity index (χ1v) is 6.43. The number of ether oxygens (including phenoxy) is 2. The molecule has 8 heteroatoms. The van der Waals surface area contributed by atoms with Gasteiger partial charge in [0, 0.05) is 11.6 Å². The van der Waals surface area contributed by atoms with Crippen molar-refractivity contribution in [2.24, 2.45) is 0 Å². The fraction of sp³-hybridized carbons (Fsp3) is 0.143. The van der Waals surface area contributed by atoms with Gasteiger partial charge in [0.05, 0.1) is 18.1 Å². The fourth-order valence-corrected chi connectivity index (χ4v) is 2.47. The van der Waals surface area contributed by atoms with Crippen LogP contribution < -0.4 is 4.74 Å². The SMILES string of the molecule is COC(=O)c1ccc(OC(F)F)c2oc3ccnc(Cl)c3c12. The molecular formula is C14H8ClF2NO4. The first kappa shape index (κ1) is 14.5. The highest BCUT2D eigenvalue weighted by Crippen LogP contribution is 2.40. The lowest BCUT2D eigenvalue weighted by atomic mass is 10.1. The van der Waals surface area contributed by atoms with Gasteiger partial charge >= 0.3 is 12.6 Å². The Labute approximate surface area is 127 Å². The minimum atomic E-state index is -3.03. The molecule has 1 aromatic carbocycles. The maximum absolute atomic E-state index is 12.5. The predicted octanol–water partition coefficient (Wildman–Crippen LogP) is 4.02. The van der Waals surface area contributed by atoms with Crippen molar-refractivity contribution in [3.8, 4) is 5.75 Å². The molecule has 0 aliphatic rings. The van der Waals surface area contributed by atoms with E-state index in [-0.39, 0.29) is 27.4 Å². The van der Waals surface area contributed by atoms with E-state index in [1.54, 1.807) is 0 Å². The van der Waals surface area contributed by atoms with Crippen molar-refractivity contribution in [2.45, 2.75) is 6.61 Å². The Morgan fingerprint density at radius 2 is 2.09 bits per heavy atom. The molecule has 0 unspecified atom stereocenters. The van der Waals surface area contributed by atoms with Gasteiger partial charge in [0.2, 0.25) is 0 Å². The van der Waals surface area contributed by atoms with Crippen LogP contribution in [0.15, 0.2) is 28.8 Å². The second-order valence-corrected chi connectivity index (χ2v) is 4.62. The van der Waals surface area contributed by atoms with E-state index in [0.717, 1.165) is 0 Å². The maximum atomic E-state index is 12.5. The van der Waals surface area contributed by atoms with Gasteiger partial charge in [-0.25, -0.2) is 9.78 Å². The van der Waals surface area contributed by atoms with E-state index in [1.807, 2.05) is 0 Å². The summed E-state index contributed by atoms with van der Waals surface area (Å²) in [6.07, 6.45) is 1.40. The molecule has 5 nitrogen and oxygen atoms in total. The van der Waals surface area contributed by atoms with Crippen LogP contribution in [0.5, 0.6) is 5.75 Å². The number of aromatic nitrogens is 1. The molecule has 0 N–H and O–H groups in total. The van der Waals surface area contributed by atoms with Gasteiger partial charge in [-0.05, 0) is 18.2 Å². The number of nitrogens with zero attached hydrogens (tertiary/aromatic N) is 1. The van der Waals surface area contributed by atoms with Crippen molar-refractivity contribution in [3.63, 3.8) is 0 Å². The lowest BCUT2D eigenvalue weighted by Crippen LogP contribution is -2.05. The van der Waals surface area contributed by atoms with Crippen molar-refractivity contribution < 1.29 is 27.5 Å². The molecule has 2 heterocycles. The van der Waals surface area contributed by atoms with Crippen molar-refractivity contribution in [1.82, 2.24) is 4.98 Å². The number of rotatable bonds is 3. The minimum Gasteiger partial charge on any atom is -0.465 e. The fourth-order valence-electron chi connectivity index (χ4n) is 2.22. The zero-order valence-electron chi connectivity index (χ0n) is 11.1. The van der Waals surface area contributed by atoms with Gasteiger partial charge < -0.3 is 13.9 Å². The number of fused-ring (bicyclic) bond motifs is 3. The highest BCUT2D eigenvalue weighted by atomic mass is 35.5. The van der Waals surface area contributed by atoms with E-state index >= 15 is 0 Å². The highest BCUT2D eigenvalue weighted by Gasteiger charge is 2.23. The van der Waals surface area contributed by atoms with Gasteiger partial charge in [0.1, 0.15) is 10.7 Å². The highest BCUT2D eigenvalue weighted by molar-refractivity contribution is 6.37. The normalized spacial score (nSPS) is 11.3. The lowest BCUT2D eigenvalue weighted by Gasteiger charge is -2.07. The Morgan fingerprint density at radius 3 is 2.77 bits per heavy atom. The molecule has 0 fully saturated rings. The monoisotopic (exact) mass is 327 g/mol. The number of pyridine rings is 1. The topological polar surface area (TPSA) is 61.6 Å². The number of benzene rings is 1. The summed E-state index contributed by atoms with van der Waals surface area (Å²) >= 11 is 6.04. The average molecular weight is 328 g/mol. The molecule has 0 saturated heterocycles. The number of hydrogen-bond donors (Lipinski definition) is 0. The third-order valence-corrected chi connectivity index (χ3v) is 3.36. The van der Waals surface area contributed by atoms with Gasteiger partial charge in [-0.15, -0.1) is 0 Å². The van der Waals surface area contributed by atoms with Gasteiger partial charge in [-0.1, -0.05) is 11.6 Å². The quantitative estimate of drug-likeness (QED) is 0.537. The average Bonchev–Trinajstić information content (AvgIpc) is 2.87. The van der Waals surface area contributed by atoms with E-state index in [2.05, 4.69) is 9.72 Å². The zero-order valence-corrected chi connectivity index (χ0v) is 11.9. The standard InChI is InChI=1S/C14H8ClF2NO4/c1-20-13(19)6-2-3-8(22-14(16)17)11-9(6)10-7(21-11)4-5-18-12(10)15/h2-5,14H,1H3. The Hall–Kier alpha value is -2.41. The summed E-state index contributed by atoms with van der Waals surface area (Å²) in [4.78, 5) is 15.8. The van der Waals surface area contributed by atoms with Crippen LogP contribution in [0.4, 0.5) is 8.78 Å². The Kier molecular flexibility index (Phi) is 3.58. The van der Waals surface area contributed by atoms with E-state index in [9.17, 15) is 13.6 Å². The molecule has 0 amide bonds. The van der Waals surface area contributed by atoms with Crippen molar-refractivity contribution in [2.75, 3.05) is 7.11 Å². The van der Waals surface area contributed by atoms with Crippen LogP contribution in [0.1, 0.15) is 10.4 Å². The number of carbonyl (C=O) groups excluding carboxylic acids is 1. The molecule has 0 spiro atoms. The summed E-state index contributed by atoms with van der Waals surface area (Å²) in [6, 6.07) is 4.03. The molecule has 0 radical (unpaired) electrons. The van der Waals surface area contributed by atoms with Crippen LogP contribution in [-0.4, -0.2) is 24.7 Å². The molecule has 0 atom stereocenters. The Bertz CT molecular complexity index is 878. The van der Waals surface area contributed by atoms with Crippen LogP contribution in [0.3, 0.4) is 0 Å². The molecule has 2 aromatic heterocycles. The molecule has 0 aliphatic carbocycles. The molecule has 114 valence electrons. The Morgan fingerprint density at radius 1 is 1.32 bits per heavy atom. The number of carbonyl (C=O) groups is 1. The number of hydrogen-bond acceptors (Lipinski definition) is 5. The van der Waals surface area contributed by atoms with E-state index < -0.39 is 12.6 Å². The van der Waals surface area contributed by atoms with Gasteiger partial charge in [0.15, 0.2) is 11.3 Å². The second-order valence-electron chi connectivity index (χ2n) is 4.26. The first-order valence-electron chi connectivity index (χ1n) is 6.05. The number of halogens is 3. The first-order chi connectivity index (χ1) is 10.5. The summed E-state index contributed by atoms with van der Waals surface area (Å²) < 4.78 is 39.7. The van der Waals surface area contributed by atoms with Crippen LogP contribution in [0.25, 0.3) is 21.9 Å².